The predicted molar refractivity (Wildman–Crippen MR) is 103 cm³/mol. The van der Waals surface area contributed by atoms with Gasteiger partial charge in [0.25, 0.3) is 0 Å². The molecule has 2 nitrogen and oxygen atoms in total. The van der Waals surface area contributed by atoms with E-state index in [-0.39, 0.29) is 0 Å². The Bertz CT molecular complexity index is 742. The molecule has 0 aromatic heterocycles. The van der Waals surface area contributed by atoms with Crippen molar-refractivity contribution in [2.45, 2.75) is 44.6 Å². The maximum absolute atomic E-state index is 10.2. The van der Waals surface area contributed by atoms with Crippen LogP contribution in [-0.2, 0) is 12.8 Å². The normalized spacial score (nSPS) is 26.1. The number of piperidine rings is 1. The van der Waals surface area contributed by atoms with E-state index in [1.807, 2.05) is 24.3 Å². The number of likely N-dealkylation sites (tertiary alicyclic amines) is 1. The van der Waals surface area contributed by atoms with Crippen molar-refractivity contribution in [3.63, 3.8) is 0 Å². The molecule has 1 N–H and O–H groups in total. The van der Waals surface area contributed by atoms with E-state index in [0.717, 1.165) is 30.8 Å². The van der Waals surface area contributed by atoms with Crippen LogP contribution in [0.2, 0.25) is 5.02 Å². The number of phenols is 1. The van der Waals surface area contributed by atoms with Gasteiger partial charge in [0, 0.05) is 30.1 Å². The lowest BCUT2D eigenvalue weighted by Crippen LogP contribution is -2.49. The molecule has 0 bridgehead atoms. The monoisotopic (exact) mass is 355 g/mol. The smallest absolute Gasteiger partial charge is 0.119 e. The van der Waals surface area contributed by atoms with Crippen molar-refractivity contribution >= 4 is 11.6 Å². The maximum atomic E-state index is 10.2. The minimum atomic E-state index is 0.488. The average molecular weight is 356 g/mol. The summed E-state index contributed by atoms with van der Waals surface area (Å²) in [5, 5.41) is 11.0. The van der Waals surface area contributed by atoms with Crippen molar-refractivity contribution < 1.29 is 5.11 Å². The molecule has 2 aromatic rings. The first-order valence-corrected chi connectivity index (χ1v) is 9.79. The molecule has 0 amide bonds. The van der Waals surface area contributed by atoms with E-state index in [9.17, 15) is 5.11 Å². The Morgan fingerprint density at radius 3 is 2.76 bits per heavy atom. The zero-order valence-electron chi connectivity index (χ0n) is 14.8. The van der Waals surface area contributed by atoms with Crippen LogP contribution in [0.4, 0.5) is 0 Å². The number of halogens is 1. The van der Waals surface area contributed by atoms with Gasteiger partial charge in [0.1, 0.15) is 5.75 Å². The zero-order chi connectivity index (χ0) is 17.4. The Kier molecular flexibility index (Phi) is 4.75. The zero-order valence-corrected chi connectivity index (χ0v) is 15.5. The van der Waals surface area contributed by atoms with Gasteiger partial charge in [0.15, 0.2) is 0 Å². The number of hydrogen-bond donors (Lipinski definition) is 1. The molecule has 1 saturated heterocycles. The number of hydrogen-bond acceptors (Lipinski definition) is 2. The van der Waals surface area contributed by atoms with Gasteiger partial charge in [0.05, 0.1) is 0 Å². The van der Waals surface area contributed by atoms with Crippen molar-refractivity contribution in [3.8, 4) is 5.75 Å². The predicted octanol–water partition coefficient (Wildman–Crippen LogP) is 5.03. The Hall–Kier alpha value is -1.51. The van der Waals surface area contributed by atoms with E-state index in [1.165, 1.54) is 29.7 Å². The van der Waals surface area contributed by atoms with Gasteiger partial charge in [-0.2, -0.15) is 0 Å². The van der Waals surface area contributed by atoms with Crippen LogP contribution in [0.3, 0.4) is 0 Å². The van der Waals surface area contributed by atoms with Crippen LogP contribution < -0.4 is 0 Å². The molecule has 4 rings (SSSR count). The molecule has 1 heterocycles. The number of benzene rings is 2. The van der Waals surface area contributed by atoms with Crippen LogP contribution in [0.25, 0.3) is 0 Å². The molecule has 1 fully saturated rings. The molecule has 0 saturated carbocycles. The number of rotatable bonds is 3. The summed E-state index contributed by atoms with van der Waals surface area (Å²) in [5.41, 5.74) is 3.93. The fourth-order valence-electron chi connectivity index (χ4n) is 4.86. The third kappa shape index (κ3) is 3.43. The molecule has 3 atom stereocenters. The molecule has 2 aromatic carbocycles. The first-order valence-electron chi connectivity index (χ1n) is 9.41. The minimum Gasteiger partial charge on any atom is -0.508 e. The summed E-state index contributed by atoms with van der Waals surface area (Å²) in [6.07, 6.45) is 4.45. The highest BCUT2D eigenvalue weighted by atomic mass is 35.5. The van der Waals surface area contributed by atoms with Crippen LogP contribution in [0.1, 0.15) is 42.4 Å². The molecule has 1 aliphatic carbocycles. The SMILES string of the molecule is CC1CC2c3cccc(O)c3CCC2N(CCc2ccc(Cl)cc2)C1. The molecule has 3 unspecified atom stereocenters. The van der Waals surface area contributed by atoms with Crippen molar-refractivity contribution in [1.82, 2.24) is 4.90 Å². The van der Waals surface area contributed by atoms with E-state index in [0.29, 0.717) is 23.6 Å². The first-order chi connectivity index (χ1) is 12.1. The number of aromatic hydroxyl groups is 1. The third-order valence-corrected chi connectivity index (χ3v) is 6.27. The van der Waals surface area contributed by atoms with Crippen molar-refractivity contribution in [2.75, 3.05) is 13.1 Å². The molecule has 25 heavy (non-hydrogen) atoms. The van der Waals surface area contributed by atoms with Gasteiger partial charge in [0.2, 0.25) is 0 Å². The highest BCUT2D eigenvalue weighted by Crippen LogP contribution is 2.44. The van der Waals surface area contributed by atoms with Gasteiger partial charge >= 0.3 is 0 Å². The molecule has 2 aliphatic rings. The summed E-state index contributed by atoms with van der Waals surface area (Å²) in [6.45, 7) is 4.65. The van der Waals surface area contributed by atoms with Gasteiger partial charge in [-0.3, -0.25) is 4.90 Å². The second-order valence-electron chi connectivity index (χ2n) is 7.77. The van der Waals surface area contributed by atoms with Gasteiger partial charge in [-0.1, -0.05) is 42.8 Å². The summed E-state index contributed by atoms with van der Waals surface area (Å²) in [4.78, 5) is 2.69. The molecule has 0 radical (unpaired) electrons. The molecular formula is C22H26ClNO. The Morgan fingerprint density at radius 1 is 1.16 bits per heavy atom. The quantitative estimate of drug-likeness (QED) is 0.834. The summed E-state index contributed by atoms with van der Waals surface area (Å²) in [5.74, 6) is 1.74. The topological polar surface area (TPSA) is 23.5 Å². The van der Waals surface area contributed by atoms with Gasteiger partial charge in [-0.05, 0) is 66.5 Å². The van der Waals surface area contributed by atoms with Crippen LogP contribution in [0.5, 0.6) is 5.75 Å². The lowest BCUT2D eigenvalue weighted by atomic mass is 9.71. The van der Waals surface area contributed by atoms with E-state index < -0.39 is 0 Å². The van der Waals surface area contributed by atoms with Gasteiger partial charge in [-0.15, -0.1) is 0 Å². The summed E-state index contributed by atoms with van der Waals surface area (Å²) in [6, 6.07) is 14.9. The molecule has 132 valence electrons. The summed E-state index contributed by atoms with van der Waals surface area (Å²) >= 11 is 6.00. The number of phenolic OH excluding ortho intramolecular Hbond substituents is 1. The molecule has 3 heteroatoms. The molecule has 1 aliphatic heterocycles. The summed E-state index contributed by atoms with van der Waals surface area (Å²) < 4.78 is 0. The fourth-order valence-corrected chi connectivity index (χ4v) is 4.98. The van der Waals surface area contributed by atoms with E-state index in [4.69, 9.17) is 11.6 Å². The van der Waals surface area contributed by atoms with Crippen molar-refractivity contribution in [3.05, 3.63) is 64.2 Å². The van der Waals surface area contributed by atoms with Crippen LogP contribution in [0.15, 0.2) is 42.5 Å². The number of nitrogens with zero attached hydrogens (tertiary/aromatic N) is 1. The van der Waals surface area contributed by atoms with Crippen LogP contribution in [0, 0.1) is 5.92 Å². The number of fused-ring (bicyclic) bond motifs is 3. The highest BCUT2D eigenvalue weighted by molar-refractivity contribution is 6.30. The Morgan fingerprint density at radius 2 is 1.96 bits per heavy atom. The standard InChI is InChI=1S/C22H26ClNO/c1-15-13-20-18-3-2-4-22(25)19(18)9-10-21(20)24(14-15)12-11-16-5-7-17(23)8-6-16/h2-8,15,20-21,25H,9-14H2,1H3. The van der Waals surface area contributed by atoms with E-state index in [2.05, 4.69) is 30.0 Å². The van der Waals surface area contributed by atoms with Crippen LogP contribution >= 0.6 is 11.6 Å². The van der Waals surface area contributed by atoms with Gasteiger partial charge in [-0.25, -0.2) is 0 Å². The first kappa shape index (κ1) is 16.9. The highest BCUT2D eigenvalue weighted by Gasteiger charge is 2.39. The Labute approximate surface area is 155 Å². The lowest BCUT2D eigenvalue weighted by Gasteiger charge is -2.47. The maximum Gasteiger partial charge on any atom is 0.119 e. The lowest BCUT2D eigenvalue weighted by molar-refractivity contribution is 0.0819. The fraction of sp³-hybridized carbons (Fsp3) is 0.455. The Balaban J connectivity index is 1.53. The van der Waals surface area contributed by atoms with Crippen LogP contribution in [-0.4, -0.2) is 29.1 Å². The second kappa shape index (κ2) is 7.01. The minimum absolute atomic E-state index is 0.488. The van der Waals surface area contributed by atoms with Gasteiger partial charge < -0.3 is 5.11 Å². The summed E-state index contributed by atoms with van der Waals surface area (Å²) in [7, 11) is 0. The average Bonchev–Trinajstić information content (AvgIpc) is 2.61. The van der Waals surface area contributed by atoms with E-state index >= 15 is 0 Å². The second-order valence-corrected chi connectivity index (χ2v) is 8.21. The largest absolute Gasteiger partial charge is 0.508 e. The van der Waals surface area contributed by atoms with Crippen molar-refractivity contribution in [1.29, 1.82) is 0 Å². The van der Waals surface area contributed by atoms with Crippen molar-refractivity contribution in [2.24, 2.45) is 5.92 Å². The van der Waals surface area contributed by atoms with E-state index in [1.54, 1.807) is 0 Å². The molecular weight excluding hydrogens is 330 g/mol. The molecule has 0 spiro atoms. The third-order valence-electron chi connectivity index (χ3n) is 6.01.